The summed E-state index contributed by atoms with van der Waals surface area (Å²) in [5, 5.41) is 2.83. The number of halogens is 4. The number of benzene rings is 1. The summed E-state index contributed by atoms with van der Waals surface area (Å²) in [5.74, 6) is -0.458. The smallest absolute Gasteiger partial charge is 0.422 e. The Morgan fingerprint density at radius 3 is 2.52 bits per heavy atom. The average molecular weight is 423 g/mol. The van der Waals surface area contributed by atoms with E-state index in [1.807, 2.05) is 19.1 Å². The predicted octanol–water partition coefficient (Wildman–Crippen LogP) is 4.11. The van der Waals surface area contributed by atoms with Crippen molar-refractivity contribution in [2.75, 3.05) is 25.0 Å². The third-order valence-corrected chi connectivity index (χ3v) is 4.80. The van der Waals surface area contributed by atoms with E-state index >= 15 is 0 Å². The number of hydrogen-bond acceptors (Lipinski definition) is 3. The van der Waals surface area contributed by atoms with Crippen molar-refractivity contribution in [1.82, 2.24) is 4.90 Å². The molecule has 0 atom stereocenters. The zero-order valence-electron chi connectivity index (χ0n) is 13.5. The molecule has 0 aromatic heterocycles. The van der Waals surface area contributed by atoms with Crippen molar-refractivity contribution in [3.8, 4) is 0 Å². The topological polar surface area (TPSA) is 58.6 Å². The van der Waals surface area contributed by atoms with Crippen molar-refractivity contribution in [2.45, 2.75) is 25.9 Å². The zero-order valence-corrected chi connectivity index (χ0v) is 15.1. The summed E-state index contributed by atoms with van der Waals surface area (Å²) < 4.78 is 41.3. The lowest BCUT2D eigenvalue weighted by atomic mass is 9.96. The monoisotopic (exact) mass is 422 g/mol. The Balaban J connectivity index is 1.81. The summed E-state index contributed by atoms with van der Waals surface area (Å²) in [5.41, 5.74) is 1.66. The quantitative estimate of drug-likeness (QED) is 0.797. The molecule has 5 nitrogen and oxygen atoms in total. The first-order chi connectivity index (χ1) is 11.7. The first-order valence-corrected chi connectivity index (χ1v) is 8.50. The van der Waals surface area contributed by atoms with Crippen molar-refractivity contribution in [3.05, 3.63) is 28.2 Å². The van der Waals surface area contributed by atoms with Gasteiger partial charge in [0.2, 0.25) is 5.91 Å². The van der Waals surface area contributed by atoms with Gasteiger partial charge in [-0.25, -0.2) is 4.79 Å². The van der Waals surface area contributed by atoms with Crippen LogP contribution in [0.1, 0.15) is 18.4 Å². The number of likely N-dealkylation sites (tertiary alicyclic amines) is 1. The maximum atomic E-state index is 12.3. The van der Waals surface area contributed by atoms with Crippen LogP contribution in [0.4, 0.5) is 23.7 Å². The van der Waals surface area contributed by atoms with E-state index in [2.05, 4.69) is 26.0 Å². The standard InChI is InChI=1S/C16H18BrF3N2O3/c1-10-8-12(2-3-13(10)17)21-14(23)11-4-6-22(7-5-11)15(24)25-9-16(18,19)20/h2-3,8,11H,4-7,9H2,1H3,(H,21,23). The molecule has 1 N–H and O–H groups in total. The largest absolute Gasteiger partial charge is 0.440 e. The summed E-state index contributed by atoms with van der Waals surface area (Å²) >= 11 is 3.38. The van der Waals surface area contributed by atoms with E-state index in [1.54, 1.807) is 6.07 Å². The van der Waals surface area contributed by atoms with Gasteiger partial charge in [0.25, 0.3) is 0 Å². The van der Waals surface area contributed by atoms with Gasteiger partial charge in [0, 0.05) is 29.2 Å². The Morgan fingerprint density at radius 2 is 1.96 bits per heavy atom. The van der Waals surface area contributed by atoms with E-state index in [1.165, 1.54) is 4.90 Å². The highest BCUT2D eigenvalue weighted by Crippen LogP contribution is 2.23. The molecule has 0 saturated carbocycles. The minimum absolute atomic E-state index is 0.162. The van der Waals surface area contributed by atoms with Gasteiger partial charge in [-0.15, -0.1) is 0 Å². The second-order valence-corrected chi connectivity index (χ2v) is 6.74. The highest BCUT2D eigenvalue weighted by atomic mass is 79.9. The maximum Gasteiger partial charge on any atom is 0.422 e. The van der Waals surface area contributed by atoms with Crippen LogP contribution in [0.3, 0.4) is 0 Å². The van der Waals surface area contributed by atoms with E-state index in [0.29, 0.717) is 18.5 Å². The van der Waals surface area contributed by atoms with Crippen LogP contribution in [-0.4, -0.2) is 42.8 Å². The number of nitrogens with one attached hydrogen (secondary N) is 1. The van der Waals surface area contributed by atoms with Crippen LogP contribution in [0.25, 0.3) is 0 Å². The van der Waals surface area contributed by atoms with Crippen LogP contribution in [0.2, 0.25) is 0 Å². The number of piperidine rings is 1. The van der Waals surface area contributed by atoms with Gasteiger partial charge in [-0.2, -0.15) is 13.2 Å². The van der Waals surface area contributed by atoms with Gasteiger partial charge in [0.1, 0.15) is 0 Å². The maximum absolute atomic E-state index is 12.3. The molecule has 1 aromatic carbocycles. The van der Waals surface area contributed by atoms with Crippen molar-refractivity contribution in [3.63, 3.8) is 0 Å². The van der Waals surface area contributed by atoms with Gasteiger partial charge >= 0.3 is 12.3 Å². The van der Waals surface area contributed by atoms with Gasteiger partial charge in [-0.3, -0.25) is 4.79 Å². The molecule has 1 fully saturated rings. The molecule has 1 saturated heterocycles. The third-order valence-electron chi connectivity index (χ3n) is 3.91. The van der Waals surface area contributed by atoms with Crippen LogP contribution < -0.4 is 5.32 Å². The molecule has 1 aliphatic rings. The van der Waals surface area contributed by atoms with Crippen LogP contribution in [0.5, 0.6) is 0 Å². The summed E-state index contributed by atoms with van der Waals surface area (Å²) in [6, 6.07) is 5.45. The number of alkyl halides is 3. The fourth-order valence-corrected chi connectivity index (χ4v) is 2.77. The molecule has 9 heteroatoms. The molecule has 0 aliphatic carbocycles. The van der Waals surface area contributed by atoms with E-state index in [9.17, 15) is 22.8 Å². The molecule has 1 aromatic rings. The molecule has 2 amide bonds. The molecule has 0 spiro atoms. The molecule has 138 valence electrons. The molecule has 2 rings (SSSR count). The molecule has 0 unspecified atom stereocenters. The lowest BCUT2D eigenvalue weighted by Gasteiger charge is -2.30. The summed E-state index contributed by atoms with van der Waals surface area (Å²) in [4.78, 5) is 25.1. The number of anilines is 1. The van der Waals surface area contributed by atoms with Gasteiger partial charge in [-0.1, -0.05) is 15.9 Å². The Kier molecular flexibility index (Phi) is 6.31. The number of carbonyl (C=O) groups excluding carboxylic acids is 2. The highest BCUT2D eigenvalue weighted by Gasteiger charge is 2.32. The lowest BCUT2D eigenvalue weighted by Crippen LogP contribution is -2.42. The van der Waals surface area contributed by atoms with Gasteiger partial charge in [0.05, 0.1) is 0 Å². The third kappa shape index (κ3) is 5.91. The van der Waals surface area contributed by atoms with Gasteiger partial charge in [0.15, 0.2) is 6.61 Å². The number of carbonyl (C=O) groups is 2. The molecule has 25 heavy (non-hydrogen) atoms. The van der Waals surface area contributed by atoms with Crippen molar-refractivity contribution < 1.29 is 27.5 Å². The molecule has 1 heterocycles. The SMILES string of the molecule is Cc1cc(NC(=O)C2CCN(C(=O)OCC(F)(F)F)CC2)ccc1Br. The fourth-order valence-electron chi connectivity index (χ4n) is 2.53. The van der Waals surface area contributed by atoms with Crippen LogP contribution >= 0.6 is 15.9 Å². The number of ether oxygens (including phenoxy) is 1. The van der Waals surface area contributed by atoms with Gasteiger partial charge in [-0.05, 0) is 43.5 Å². The number of nitrogens with zero attached hydrogens (tertiary/aromatic N) is 1. The van der Waals surface area contributed by atoms with Crippen molar-refractivity contribution in [1.29, 1.82) is 0 Å². The van der Waals surface area contributed by atoms with E-state index in [-0.39, 0.29) is 24.9 Å². The van der Waals surface area contributed by atoms with Gasteiger partial charge < -0.3 is 15.0 Å². The van der Waals surface area contributed by atoms with Crippen molar-refractivity contribution >= 4 is 33.6 Å². The Morgan fingerprint density at radius 1 is 1.32 bits per heavy atom. The van der Waals surface area contributed by atoms with Crippen LogP contribution in [0, 0.1) is 12.8 Å². The minimum atomic E-state index is -4.54. The number of amides is 2. The lowest BCUT2D eigenvalue weighted by molar-refractivity contribution is -0.162. The van der Waals surface area contributed by atoms with E-state index in [4.69, 9.17) is 0 Å². The molecule has 0 radical (unpaired) electrons. The second kappa shape index (κ2) is 8.07. The molecule has 1 aliphatic heterocycles. The predicted molar refractivity (Wildman–Crippen MR) is 89.2 cm³/mol. The number of aryl methyl sites for hydroxylation is 1. The van der Waals surface area contributed by atoms with E-state index < -0.39 is 18.9 Å². The average Bonchev–Trinajstić information content (AvgIpc) is 2.55. The summed E-state index contributed by atoms with van der Waals surface area (Å²) in [6.07, 6.45) is -4.79. The zero-order chi connectivity index (χ0) is 18.6. The Hall–Kier alpha value is -1.77. The molecular weight excluding hydrogens is 405 g/mol. The Labute approximate surface area is 151 Å². The summed E-state index contributed by atoms with van der Waals surface area (Å²) in [7, 11) is 0. The number of hydrogen-bond donors (Lipinski definition) is 1. The molecule has 0 bridgehead atoms. The number of rotatable bonds is 3. The Bertz CT molecular complexity index is 644. The first kappa shape index (κ1) is 19.6. The normalized spacial score (nSPS) is 15.8. The van der Waals surface area contributed by atoms with Crippen molar-refractivity contribution in [2.24, 2.45) is 5.92 Å². The van der Waals surface area contributed by atoms with Crippen LogP contribution in [-0.2, 0) is 9.53 Å². The van der Waals surface area contributed by atoms with E-state index in [0.717, 1.165) is 10.0 Å². The second-order valence-electron chi connectivity index (χ2n) is 5.88. The minimum Gasteiger partial charge on any atom is -0.440 e. The van der Waals surface area contributed by atoms with Crippen LogP contribution in [0.15, 0.2) is 22.7 Å². The summed E-state index contributed by atoms with van der Waals surface area (Å²) in [6.45, 7) is 0.683. The molecular formula is C16H18BrF3N2O3. The first-order valence-electron chi connectivity index (χ1n) is 7.71. The highest BCUT2D eigenvalue weighted by molar-refractivity contribution is 9.10. The fraction of sp³-hybridized carbons (Fsp3) is 0.500.